The molecule has 2 unspecified atom stereocenters. The van der Waals surface area contributed by atoms with Crippen molar-refractivity contribution < 1.29 is 24.9 Å². The lowest BCUT2D eigenvalue weighted by atomic mass is 10.1. The first kappa shape index (κ1) is 11.2. The van der Waals surface area contributed by atoms with Gasteiger partial charge in [0, 0.05) is 6.42 Å². The van der Waals surface area contributed by atoms with Gasteiger partial charge < -0.3 is 15.3 Å². The standard InChI is InChI=1S/C7H12O5/c1-4(9)2-5(10)7(12)6(11)3-8/h5-6,8,10-11H,2-3H2,1H3. The minimum absolute atomic E-state index is 0.324. The highest BCUT2D eigenvalue weighted by Gasteiger charge is 2.23. The summed E-state index contributed by atoms with van der Waals surface area (Å²) < 4.78 is 0. The monoisotopic (exact) mass is 176 g/mol. The molecule has 0 rings (SSSR count). The SMILES string of the molecule is CC(=O)CC(O)C(=O)C(O)CO. The van der Waals surface area contributed by atoms with E-state index >= 15 is 0 Å². The van der Waals surface area contributed by atoms with Crippen LogP contribution in [0.2, 0.25) is 0 Å². The van der Waals surface area contributed by atoms with Gasteiger partial charge in [-0.25, -0.2) is 0 Å². The highest BCUT2D eigenvalue weighted by atomic mass is 16.3. The summed E-state index contributed by atoms with van der Waals surface area (Å²) in [5.74, 6) is -1.27. The van der Waals surface area contributed by atoms with E-state index in [2.05, 4.69) is 0 Å². The summed E-state index contributed by atoms with van der Waals surface area (Å²) in [7, 11) is 0. The molecule has 0 saturated carbocycles. The predicted molar refractivity (Wildman–Crippen MR) is 39.4 cm³/mol. The third kappa shape index (κ3) is 3.56. The predicted octanol–water partition coefficient (Wildman–Crippen LogP) is -1.75. The molecule has 0 fully saturated rings. The van der Waals surface area contributed by atoms with Crippen molar-refractivity contribution in [1.29, 1.82) is 0 Å². The van der Waals surface area contributed by atoms with E-state index in [4.69, 9.17) is 15.3 Å². The molecule has 0 aliphatic heterocycles. The molecule has 0 aromatic rings. The van der Waals surface area contributed by atoms with Crippen LogP contribution in [0.25, 0.3) is 0 Å². The first-order chi connectivity index (χ1) is 5.49. The van der Waals surface area contributed by atoms with E-state index in [0.717, 1.165) is 0 Å². The van der Waals surface area contributed by atoms with Gasteiger partial charge in [0.15, 0.2) is 5.78 Å². The molecule has 0 radical (unpaired) electrons. The highest BCUT2D eigenvalue weighted by molar-refractivity contribution is 5.91. The number of ketones is 2. The Morgan fingerprint density at radius 3 is 2.08 bits per heavy atom. The zero-order valence-corrected chi connectivity index (χ0v) is 6.73. The number of rotatable bonds is 5. The van der Waals surface area contributed by atoms with Gasteiger partial charge in [-0.3, -0.25) is 9.59 Å². The summed E-state index contributed by atoms with van der Waals surface area (Å²) in [4.78, 5) is 21.2. The number of hydrogen-bond acceptors (Lipinski definition) is 5. The third-order valence-electron chi connectivity index (χ3n) is 1.31. The van der Waals surface area contributed by atoms with Crippen LogP contribution in [-0.2, 0) is 9.59 Å². The second-order valence-electron chi connectivity index (χ2n) is 2.52. The Balaban J connectivity index is 4.01. The van der Waals surface area contributed by atoms with Crippen molar-refractivity contribution in [2.45, 2.75) is 25.6 Å². The van der Waals surface area contributed by atoms with Gasteiger partial charge in [0.1, 0.15) is 18.0 Å². The summed E-state index contributed by atoms with van der Waals surface area (Å²) >= 11 is 0. The third-order valence-corrected chi connectivity index (χ3v) is 1.31. The van der Waals surface area contributed by atoms with Gasteiger partial charge in [-0.1, -0.05) is 0 Å². The van der Waals surface area contributed by atoms with Crippen molar-refractivity contribution in [3.05, 3.63) is 0 Å². The van der Waals surface area contributed by atoms with Gasteiger partial charge in [-0.05, 0) is 6.92 Å². The van der Waals surface area contributed by atoms with E-state index in [1.165, 1.54) is 6.92 Å². The Morgan fingerprint density at radius 2 is 1.75 bits per heavy atom. The van der Waals surface area contributed by atoms with E-state index in [0.29, 0.717) is 0 Å². The quantitative estimate of drug-likeness (QED) is 0.461. The van der Waals surface area contributed by atoms with Crippen LogP contribution < -0.4 is 0 Å². The molecule has 5 nitrogen and oxygen atoms in total. The molecule has 12 heavy (non-hydrogen) atoms. The number of aliphatic hydroxyl groups is 3. The average Bonchev–Trinajstić information content (AvgIpc) is 2.00. The maximum atomic E-state index is 10.8. The molecule has 3 N–H and O–H groups in total. The lowest BCUT2D eigenvalue weighted by molar-refractivity contribution is -0.140. The summed E-state index contributed by atoms with van der Waals surface area (Å²) in [5, 5.41) is 26.0. The molecule has 0 aromatic heterocycles. The van der Waals surface area contributed by atoms with Crippen LogP contribution in [0.5, 0.6) is 0 Å². The van der Waals surface area contributed by atoms with E-state index in [9.17, 15) is 9.59 Å². The second kappa shape index (κ2) is 4.97. The van der Waals surface area contributed by atoms with Gasteiger partial charge in [0.05, 0.1) is 6.61 Å². The highest BCUT2D eigenvalue weighted by Crippen LogP contribution is 1.98. The number of aliphatic hydroxyl groups excluding tert-OH is 3. The minimum Gasteiger partial charge on any atom is -0.393 e. The maximum absolute atomic E-state index is 10.8. The first-order valence-corrected chi connectivity index (χ1v) is 3.49. The molecular formula is C7H12O5. The van der Waals surface area contributed by atoms with Gasteiger partial charge >= 0.3 is 0 Å². The van der Waals surface area contributed by atoms with Crippen molar-refractivity contribution in [3.63, 3.8) is 0 Å². The van der Waals surface area contributed by atoms with Gasteiger partial charge in [-0.15, -0.1) is 0 Å². The summed E-state index contributed by atoms with van der Waals surface area (Å²) in [6, 6.07) is 0. The maximum Gasteiger partial charge on any atom is 0.192 e. The van der Waals surface area contributed by atoms with Gasteiger partial charge in [0.2, 0.25) is 0 Å². The molecule has 70 valence electrons. The van der Waals surface area contributed by atoms with Crippen LogP contribution >= 0.6 is 0 Å². The summed E-state index contributed by atoms with van der Waals surface area (Å²) in [6.07, 6.45) is -3.43. The topological polar surface area (TPSA) is 94.8 Å². The average molecular weight is 176 g/mol. The molecule has 0 aromatic carbocycles. The molecule has 0 aliphatic rings. The van der Waals surface area contributed by atoms with Crippen molar-refractivity contribution in [1.82, 2.24) is 0 Å². The number of carbonyl (C=O) groups excluding carboxylic acids is 2. The molecule has 0 spiro atoms. The van der Waals surface area contributed by atoms with Crippen molar-refractivity contribution in [2.75, 3.05) is 6.61 Å². The smallest absolute Gasteiger partial charge is 0.192 e. The zero-order valence-electron chi connectivity index (χ0n) is 6.73. The Bertz CT molecular complexity index is 177. The van der Waals surface area contributed by atoms with E-state index in [1.54, 1.807) is 0 Å². The minimum atomic E-state index is -1.60. The lowest BCUT2D eigenvalue weighted by Gasteiger charge is -2.10. The van der Waals surface area contributed by atoms with Gasteiger partial charge in [-0.2, -0.15) is 0 Å². The second-order valence-corrected chi connectivity index (χ2v) is 2.52. The van der Waals surface area contributed by atoms with E-state index in [-0.39, 0.29) is 12.2 Å². The molecule has 5 heteroatoms. The fraction of sp³-hybridized carbons (Fsp3) is 0.714. The van der Waals surface area contributed by atoms with Crippen LogP contribution in [0.3, 0.4) is 0 Å². The normalized spacial score (nSPS) is 15.3. The summed E-state index contributed by atoms with van der Waals surface area (Å²) in [5.41, 5.74) is 0. The Labute approximate surface area is 69.6 Å². The summed E-state index contributed by atoms with van der Waals surface area (Å²) in [6.45, 7) is 0.482. The van der Waals surface area contributed by atoms with Crippen LogP contribution in [0.1, 0.15) is 13.3 Å². The van der Waals surface area contributed by atoms with Crippen LogP contribution in [0.15, 0.2) is 0 Å². The fourth-order valence-corrected chi connectivity index (χ4v) is 0.685. The van der Waals surface area contributed by atoms with Crippen molar-refractivity contribution >= 4 is 11.6 Å². The molecule has 0 heterocycles. The van der Waals surface area contributed by atoms with Crippen molar-refractivity contribution in [3.8, 4) is 0 Å². The number of hydrogen-bond donors (Lipinski definition) is 3. The van der Waals surface area contributed by atoms with Crippen LogP contribution in [-0.4, -0.2) is 45.7 Å². The molecule has 0 saturated heterocycles. The zero-order chi connectivity index (χ0) is 9.72. The molecular weight excluding hydrogens is 164 g/mol. The molecule has 0 amide bonds. The number of Topliss-reactive ketones (excluding diaryl/α,β-unsaturated/α-hetero) is 2. The van der Waals surface area contributed by atoms with E-state index in [1.807, 2.05) is 0 Å². The molecule has 2 atom stereocenters. The van der Waals surface area contributed by atoms with Crippen LogP contribution in [0.4, 0.5) is 0 Å². The van der Waals surface area contributed by atoms with E-state index < -0.39 is 24.6 Å². The number of carbonyl (C=O) groups is 2. The molecule has 0 aliphatic carbocycles. The van der Waals surface area contributed by atoms with Gasteiger partial charge in [0.25, 0.3) is 0 Å². The molecule has 0 bridgehead atoms. The van der Waals surface area contributed by atoms with Crippen LogP contribution in [0, 0.1) is 0 Å². The fourth-order valence-electron chi connectivity index (χ4n) is 0.685. The Morgan fingerprint density at radius 1 is 1.25 bits per heavy atom. The first-order valence-electron chi connectivity index (χ1n) is 3.49. The Hall–Kier alpha value is -0.780. The largest absolute Gasteiger partial charge is 0.393 e. The lowest BCUT2D eigenvalue weighted by Crippen LogP contribution is -2.35. The van der Waals surface area contributed by atoms with Crippen molar-refractivity contribution in [2.24, 2.45) is 0 Å². The Kier molecular flexibility index (Phi) is 4.65.